The molecule has 0 aliphatic rings. The maximum atomic E-state index is 10.6. The highest BCUT2D eigenvalue weighted by Crippen LogP contribution is 2.19. The molecule has 78 valence electrons. The molecule has 0 bridgehead atoms. The molecule has 0 saturated carbocycles. The summed E-state index contributed by atoms with van der Waals surface area (Å²) in [5.41, 5.74) is 10.5. The number of primary amides is 1. The summed E-state index contributed by atoms with van der Waals surface area (Å²) in [5, 5.41) is 5.06. The lowest BCUT2D eigenvalue weighted by atomic mass is 10.3. The van der Waals surface area contributed by atoms with Gasteiger partial charge in [-0.15, -0.1) is 11.3 Å². The predicted octanol–water partition coefficient (Wildman–Crippen LogP) is 0.413. The van der Waals surface area contributed by atoms with Crippen LogP contribution in [-0.4, -0.2) is 18.5 Å². The first-order valence-corrected chi connectivity index (χ1v) is 5.75. The van der Waals surface area contributed by atoms with E-state index in [0.717, 1.165) is 4.47 Å². The number of carbonyl (C=O) groups excluding carboxylic acids is 1. The van der Waals surface area contributed by atoms with Gasteiger partial charge in [-0.3, -0.25) is 4.79 Å². The Balaban J connectivity index is 2.25. The van der Waals surface area contributed by atoms with Crippen LogP contribution in [0.2, 0.25) is 0 Å². The molecule has 1 aromatic rings. The molecular formula is C8H12BrN3OS. The van der Waals surface area contributed by atoms with Crippen LogP contribution in [0.15, 0.2) is 15.9 Å². The molecule has 1 amide bonds. The van der Waals surface area contributed by atoms with Gasteiger partial charge in [0.25, 0.3) is 0 Å². The lowest BCUT2D eigenvalue weighted by Crippen LogP contribution is -2.44. The molecule has 5 N–H and O–H groups in total. The van der Waals surface area contributed by atoms with Crippen molar-refractivity contribution in [3.8, 4) is 0 Å². The third-order valence-corrected chi connectivity index (χ3v) is 3.35. The quantitative estimate of drug-likeness (QED) is 0.730. The van der Waals surface area contributed by atoms with Crippen molar-refractivity contribution in [1.82, 2.24) is 5.32 Å². The van der Waals surface area contributed by atoms with E-state index in [-0.39, 0.29) is 0 Å². The topological polar surface area (TPSA) is 81.1 Å². The van der Waals surface area contributed by atoms with Crippen LogP contribution >= 0.6 is 27.3 Å². The molecule has 1 aromatic heterocycles. The standard InChI is InChI=1S/C8H12BrN3OS/c9-5-1-6(14-4-5)2-12-3-7(10)8(11)13/h1,4,7,12H,2-3,10H2,(H2,11,13). The molecule has 0 aliphatic heterocycles. The SMILES string of the molecule is NC(=O)C(N)CNCc1cc(Br)cs1. The maximum absolute atomic E-state index is 10.6. The monoisotopic (exact) mass is 277 g/mol. The van der Waals surface area contributed by atoms with Crippen molar-refractivity contribution < 1.29 is 4.79 Å². The van der Waals surface area contributed by atoms with Crippen LogP contribution < -0.4 is 16.8 Å². The molecule has 6 heteroatoms. The first-order chi connectivity index (χ1) is 6.59. The molecule has 0 aromatic carbocycles. The molecule has 1 heterocycles. The minimum absolute atomic E-state index is 0.408. The van der Waals surface area contributed by atoms with Gasteiger partial charge >= 0.3 is 0 Å². The number of halogens is 1. The largest absolute Gasteiger partial charge is 0.368 e. The number of hydrogen-bond donors (Lipinski definition) is 3. The molecule has 0 fully saturated rings. The third-order valence-electron chi connectivity index (χ3n) is 1.65. The molecule has 4 nitrogen and oxygen atoms in total. The molecule has 0 radical (unpaired) electrons. The van der Waals surface area contributed by atoms with Gasteiger partial charge in [0.05, 0.1) is 6.04 Å². The summed E-state index contributed by atoms with van der Waals surface area (Å²) >= 11 is 5.00. The van der Waals surface area contributed by atoms with Gasteiger partial charge in [-0.05, 0) is 22.0 Å². The van der Waals surface area contributed by atoms with Gasteiger partial charge in [-0.2, -0.15) is 0 Å². The van der Waals surface area contributed by atoms with Crippen LogP contribution in [0.25, 0.3) is 0 Å². The minimum Gasteiger partial charge on any atom is -0.368 e. The van der Waals surface area contributed by atoms with Crippen LogP contribution in [0.3, 0.4) is 0 Å². The van der Waals surface area contributed by atoms with Crippen LogP contribution in [0, 0.1) is 0 Å². The normalized spacial score (nSPS) is 12.7. The van der Waals surface area contributed by atoms with E-state index in [1.54, 1.807) is 11.3 Å². The Labute approximate surface area is 94.8 Å². The van der Waals surface area contributed by atoms with Crippen LogP contribution in [0.5, 0.6) is 0 Å². The first kappa shape index (κ1) is 11.6. The molecule has 0 spiro atoms. The van der Waals surface area contributed by atoms with E-state index in [9.17, 15) is 4.79 Å². The fourth-order valence-corrected chi connectivity index (χ4v) is 2.32. The molecule has 0 saturated heterocycles. The minimum atomic E-state index is -0.613. The predicted molar refractivity (Wildman–Crippen MR) is 60.9 cm³/mol. The molecular weight excluding hydrogens is 266 g/mol. The van der Waals surface area contributed by atoms with Crippen LogP contribution in [0.1, 0.15) is 4.88 Å². The Bertz CT molecular complexity index is 315. The summed E-state index contributed by atoms with van der Waals surface area (Å²) in [6.07, 6.45) is 0. The van der Waals surface area contributed by atoms with Crippen molar-refractivity contribution in [1.29, 1.82) is 0 Å². The molecule has 1 unspecified atom stereocenters. The van der Waals surface area contributed by atoms with E-state index < -0.39 is 11.9 Å². The zero-order valence-electron chi connectivity index (χ0n) is 7.50. The van der Waals surface area contributed by atoms with Gasteiger partial charge in [-0.1, -0.05) is 0 Å². The summed E-state index contributed by atoms with van der Waals surface area (Å²) in [6, 6.07) is 1.41. The third kappa shape index (κ3) is 3.75. The lowest BCUT2D eigenvalue weighted by Gasteiger charge is -2.07. The summed E-state index contributed by atoms with van der Waals surface area (Å²) in [5.74, 6) is -0.482. The van der Waals surface area contributed by atoms with Gasteiger partial charge in [0.2, 0.25) is 5.91 Å². The van der Waals surface area contributed by atoms with Gasteiger partial charge < -0.3 is 16.8 Å². The van der Waals surface area contributed by atoms with E-state index in [2.05, 4.69) is 21.2 Å². The fourth-order valence-electron chi connectivity index (χ4n) is 0.898. The Morgan fingerprint density at radius 1 is 1.71 bits per heavy atom. The highest BCUT2D eigenvalue weighted by Gasteiger charge is 2.07. The maximum Gasteiger partial charge on any atom is 0.235 e. The smallest absolute Gasteiger partial charge is 0.235 e. The molecule has 14 heavy (non-hydrogen) atoms. The molecule has 0 aliphatic carbocycles. The second-order valence-electron chi connectivity index (χ2n) is 2.87. The van der Waals surface area contributed by atoms with Gasteiger partial charge in [0.1, 0.15) is 0 Å². The van der Waals surface area contributed by atoms with Gasteiger partial charge in [-0.25, -0.2) is 0 Å². The second kappa shape index (κ2) is 5.45. The Hall–Kier alpha value is -0.430. The summed E-state index contributed by atoms with van der Waals surface area (Å²) in [7, 11) is 0. The van der Waals surface area contributed by atoms with E-state index in [4.69, 9.17) is 11.5 Å². The molecule has 1 atom stereocenters. The summed E-state index contributed by atoms with van der Waals surface area (Å²) < 4.78 is 1.07. The Morgan fingerprint density at radius 2 is 2.43 bits per heavy atom. The summed E-state index contributed by atoms with van der Waals surface area (Å²) in [4.78, 5) is 11.8. The van der Waals surface area contributed by atoms with Crippen molar-refractivity contribution in [3.05, 3.63) is 20.8 Å². The van der Waals surface area contributed by atoms with Crippen molar-refractivity contribution in [2.45, 2.75) is 12.6 Å². The first-order valence-electron chi connectivity index (χ1n) is 4.08. The highest BCUT2D eigenvalue weighted by molar-refractivity contribution is 9.10. The number of nitrogens with two attached hydrogens (primary N) is 2. The number of carbonyl (C=O) groups is 1. The second-order valence-corrected chi connectivity index (χ2v) is 4.78. The van der Waals surface area contributed by atoms with Crippen LogP contribution in [-0.2, 0) is 11.3 Å². The van der Waals surface area contributed by atoms with E-state index >= 15 is 0 Å². The Kier molecular flexibility index (Phi) is 4.53. The van der Waals surface area contributed by atoms with Crippen molar-refractivity contribution >= 4 is 33.2 Å². The fraction of sp³-hybridized carbons (Fsp3) is 0.375. The zero-order valence-corrected chi connectivity index (χ0v) is 9.90. The average Bonchev–Trinajstić information content (AvgIpc) is 2.51. The summed E-state index contributed by atoms with van der Waals surface area (Å²) in [6.45, 7) is 1.11. The number of amides is 1. The number of thiophene rings is 1. The van der Waals surface area contributed by atoms with Crippen molar-refractivity contribution in [2.24, 2.45) is 11.5 Å². The number of nitrogens with one attached hydrogen (secondary N) is 1. The van der Waals surface area contributed by atoms with E-state index in [0.29, 0.717) is 13.1 Å². The van der Waals surface area contributed by atoms with Gasteiger partial charge in [0.15, 0.2) is 0 Å². The number of rotatable bonds is 5. The zero-order chi connectivity index (χ0) is 10.6. The van der Waals surface area contributed by atoms with E-state index in [1.807, 2.05) is 11.4 Å². The average molecular weight is 278 g/mol. The van der Waals surface area contributed by atoms with Gasteiger partial charge in [0, 0.05) is 27.8 Å². The van der Waals surface area contributed by atoms with Crippen molar-refractivity contribution in [3.63, 3.8) is 0 Å². The molecule has 1 rings (SSSR count). The Morgan fingerprint density at radius 3 is 2.93 bits per heavy atom. The van der Waals surface area contributed by atoms with Crippen molar-refractivity contribution in [2.75, 3.05) is 6.54 Å². The number of hydrogen-bond acceptors (Lipinski definition) is 4. The van der Waals surface area contributed by atoms with Crippen LogP contribution in [0.4, 0.5) is 0 Å². The van der Waals surface area contributed by atoms with E-state index in [1.165, 1.54) is 4.88 Å². The lowest BCUT2D eigenvalue weighted by molar-refractivity contribution is -0.119. The highest BCUT2D eigenvalue weighted by atomic mass is 79.9.